The maximum Gasteiger partial charge on any atom is 0.158 e. The molecule has 0 saturated carbocycles. The molecule has 4 rings (SSSR count). The molecule has 0 radical (unpaired) electrons. The number of nitrogens with zero attached hydrogens (tertiary/aromatic N) is 2. The summed E-state index contributed by atoms with van der Waals surface area (Å²) in [7, 11) is 0. The third-order valence-corrected chi connectivity index (χ3v) is 6.49. The Hall–Kier alpha value is -3.18. The summed E-state index contributed by atoms with van der Waals surface area (Å²) in [6.07, 6.45) is 2.68. The zero-order valence-electron chi connectivity index (χ0n) is 19.4. The maximum absolute atomic E-state index is 15.9. The van der Waals surface area contributed by atoms with E-state index < -0.39 is 5.82 Å². The van der Waals surface area contributed by atoms with Crippen molar-refractivity contribution in [1.82, 2.24) is 4.90 Å². The number of carbonyl (C=O) groups excluding carboxylic acids is 1. The molecule has 0 fully saturated rings. The molecular weight excluding hydrogens is 451 g/mol. The number of hydrogen-bond acceptors (Lipinski definition) is 4. The van der Waals surface area contributed by atoms with Gasteiger partial charge in [-0.15, -0.1) is 0 Å². The smallest absolute Gasteiger partial charge is 0.158 e. The first-order valence-corrected chi connectivity index (χ1v) is 11.9. The van der Waals surface area contributed by atoms with E-state index in [0.29, 0.717) is 30.3 Å². The van der Waals surface area contributed by atoms with E-state index in [2.05, 4.69) is 23.4 Å². The van der Waals surface area contributed by atoms with Crippen molar-refractivity contribution in [3.05, 3.63) is 76.5 Å². The van der Waals surface area contributed by atoms with Crippen LogP contribution >= 0.6 is 11.6 Å². The van der Waals surface area contributed by atoms with E-state index in [1.165, 1.54) is 6.08 Å². The molecule has 34 heavy (non-hydrogen) atoms. The average molecular weight is 479 g/mol. The van der Waals surface area contributed by atoms with Crippen molar-refractivity contribution in [3.63, 3.8) is 0 Å². The molecule has 0 spiro atoms. The van der Waals surface area contributed by atoms with E-state index in [1.807, 2.05) is 31.2 Å². The minimum Gasteiger partial charge on any atom is -0.508 e. The van der Waals surface area contributed by atoms with Gasteiger partial charge in [-0.05, 0) is 52.9 Å². The molecule has 1 aliphatic rings. The molecule has 176 valence electrons. The molecule has 0 aromatic heterocycles. The van der Waals surface area contributed by atoms with E-state index in [1.54, 1.807) is 18.2 Å². The Bertz CT molecular complexity index is 1400. The number of hydrogen-bond donors (Lipinski definition) is 1. The topological polar surface area (TPSA) is 52.9 Å². The number of rotatable bonds is 9. The molecule has 3 aromatic rings. The molecule has 1 heterocycles. The SMILES string of the molecule is C=CC(=O)C[C@H](C)CN(CCC)C1=c2cc(Cl)c(-c3cc(O)cc4ccccc34)c(F)c2=NC1. The van der Waals surface area contributed by atoms with Gasteiger partial charge in [0.2, 0.25) is 0 Å². The van der Waals surface area contributed by atoms with Crippen LogP contribution in [0.3, 0.4) is 0 Å². The molecule has 3 aromatic carbocycles. The van der Waals surface area contributed by atoms with Crippen molar-refractivity contribution >= 4 is 33.9 Å². The van der Waals surface area contributed by atoms with Crippen molar-refractivity contribution in [2.75, 3.05) is 19.6 Å². The number of ketones is 1. The van der Waals surface area contributed by atoms with Crippen molar-refractivity contribution < 1.29 is 14.3 Å². The van der Waals surface area contributed by atoms with Gasteiger partial charge in [0.05, 0.1) is 11.6 Å². The molecule has 6 heteroatoms. The van der Waals surface area contributed by atoms with Crippen LogP contribution in [0.4, 0.5) is 4.39 Å². The normalized spacial score (nSPS) is 13.5. The summed E-state index contributed by atoms with van der Waals surface area (Å²) in [5, 5.41) is 13.1. The fourth-order valence-corrected chi connectivity index (χ4v) is 5.01. The number of halogens is 2. The van der Waals surface area contributed by atoms with Gasteiger partial charge in [-0.3, -0.25) is 9.79 Å². The molecule has 0 aliphatic carbocycles. The van der Waals surface area contributed by atoms with Gasteiger partial charge in [-0.1, -0.05) is 56.3 Å². The van der Waals surface area contributed by atoms with Gasteiger partial charge in [0.15, 0.2) is 11.6 Å². The van der Waals surface area contributed by atoms with Gasteiger partial charge in [-0.2, -0.15) is 0 Å². The van der Waals surface area contributed by atoms with Crippen LogP contribution in [0.25, 0.3) is 27.6 Å². The van der Waals surface area contributed by atoms with Crippen molar-refractivity contribution in [2.24, 2.45) is 10.9 Å². The van der Waals surface area contributed by atoms with Gasteiger partial charge in [-0.25, -0.2) is 4.39 Å². The molecule has 1 aliphatic heterocycles. The molecule has 0 amide bonds. The van der Waals surface area contributed by atoms with E-state index in [4.69, 9.17) is 11.6 Å². The molecule has 4 nitrogen and oxygen atoms in total. The third kappa shape index (κ3) is 4.58. The molecular formula is C28H28ClFN2O2. The summed E-state index contributed by atoms with van der Waals surface area (Å²) >= 11 is 6.69. The van der Waals surface area contributed by atoms with Crippen LogP contribution in [-0.2, 0) is 4.79 Å². The third-order valence-electron chi connectivity index (χ3n) is 6.19. The number of benzene rings is 3. The Morgan fingerprint density at radius 2 is 2.09 bits per heavy atom. The molecule has 0 unspecified atom stereocenters. The standard InChI is InChI=1S/C28H28ClFN2O2/c1-4-10-32(16-17(3)11-19(33)5-2)25-15-31-28-23(25)14-24(29)26(27(28)30)22-13-20(34)12-18-8-6-7-9-21(18)22/h5-9,12-14,17,34H,2,4,10-11,15-16H2,1,3H3/t17-/m0/s1. The van der Waals surface area contributed by atoms with Crippen LogP contribution in [0, 0.1) is 11.7 Å². The summed E-state index contributed by atoms with van der Waals surface area (Å²) in [6, 6.07) is 12.5. The van der Waals surface area contributed by atoms with Crippen LogP contribution in [0.2, 0.25) is 5.02 Å². The van der Waals surface area contributed by atoms with Crippen LogP contribution in [0.1, 0.15) is 26.7 Å². The largest absolute Gasteiger partial charge is 0.508 e. The highest BCUT2D eigenvalue weighted by Gasteiger charge is 2.23. The Morgan fingerprint density at radius 1 is 1.32 bits per heavy atom. The summed E-state index contributed by atoms with van der Waals surface area (Å²) < 4.78 is 15.9. The fourth-order valence-electron chi connectivity index (χ4n) is 4.72. The molecule has 0 bridgehead atoms. The number of fused-ring (bicyclic) bond motifs is 2. The van der Waals surface area contributed by atoms with Gasteiger partial charge in [0.1, 0.15) is 11.1 Å². The summed E-state index contributed by atoms with van der Waals surface area (Å²) in [5.74, 6) is -0.306. The number of aromatic hydroxyl groups is 1. The highest BCUT2D eigenvalue weighted by molar-refractivity contribution is 6.33. The Labute approximate surface area is 203 Å². The fraction of sp³-hybridized carbons (Fsp3) is 0.286. The highest BCUT2D eigenvalue weighted by atomic mass is 35.5. The predicted molar refractivity (Wildman–Crippen MR) is 136 cm³/mol. The maximum atomic E-state index is 15.9. The summed E-state index contributed by atoms with van der Waals surface area (Å²) in [4.78, 5) is 18.5. The van der Waals surface area contributed by atoms with Gasteiger partial charge < -0.3 is 10.0 Å². The minimum atomic E-state index is -0.486. The van der Waals surface area contributed by atoms with E-state index in [0.717, 1.165) is 29.4 Å². The van der Waals surface area contributed by atoms with Gasteiger partial charge in [0, 0.05) is 36.0 Å². The molecule has 1 atom stereocenters. The second-order valence-electron chi connectivity index (χ2n) is 8.85. The Morgan fingerprint density at radius 3 is 2.82 bits per heavy atom. The van der Waals surface area contributed by atoms with Crippen molar-refractivity contribution in [3.8, 4) is 16.9 Å². The average Bonchev–Trinajstić information content (AvgIpc) is 3.22. The summed E-state index contributed by atoms with van der Waals surface area (Å²) in [6.45, 7) is 9.47. The second-order valence-corrected chi connectivity index (χ2v) is 9.25. The van der Waals surface area contributed by atoms with Gasteiger partial charge >= 0.3 is 0 Å². The monoisotopic (exact) mass is 478 g/mol. The lowest BCUT2D eigenvalue weighted by molar-refractivity contribution is -0.115. The number of allylic oxidation sites excluding steroid dienone is 1. The van der Waals surface area contributed by atoms with Crippen LogP contribution < -0.4 is 10.6 Å². The van der Waals surface area contributed by atoms with E-state index in [9.17, 15) is 9.90 Å². The zero-order valence-corrected chi connectivity index (χ0v) is 20.2. The lowest BCUT2D eigenvalue weighted by Gasteiger charge is -2.28. The number of phenolic OH excluding ortho intramolecular Hbond substituents is 1. The summed E-state index contributed by atoms with van der Waals surface area (Å²) in [5.41, 5.74) is 1.69. The molecule has 1 N–H and O–H groups in total. The number of phenols is 1. The Kier molecular flexibility index (Phi) is 7.03. The van der Waals surface area contributed by atoms with E-state index in [-0.39, 0.29) is 33.4 Å². The first kappa shape index (κ1) is 24.0. The van der Waals surface area contributed by atoms with Crippen LogP contribution in [0.15, 0.2) is 60.1 Å². The lowest BCUT2D eigenvalue weighted by atomic mass is 9.96. The first-order valence-electron chi connectivity index (χ1n) is 11.5. The Balaban J connectivity index is 1.84. The van der Waals surface area contributed by atoms with Crippen molar-refractivity contribution in [2.45, 2.75) is 26.7 Å². The zero-order chi connectivity index (χ0) is 24.4. The second kappa shape index (κ2) is 9.98. The van der Waals surface area contributed by atoms with E-state index >= 15 is 4.39 Å². The van der Waals surface area contributed by atoms with Gasteiger partial charge in [0.25, 0.3) is 0 Å². The minimum absolute atomic E-state index is 0.0162. The highest BCUT2D eigenvalue weighted by Crippen LogP contribution is 2.37. The van der Waals surface area contributed by atoms with Crippen LogP contribution in [0.5, 0.6) is 5.75 Å². The number of carbonyl (C=O) groups is 1. The lowest BCUT2D eigenvalue weighted by Crippen LogP contribution is -2.36. The predicted octanol–water partition coefficient (Wildman–Crippen LogP) is 5.24. The first-order chi connectivity index (χ1) is 16.3. The quantitative estimate of drug-likeness (QED) is 0.428. The molecule has 0 saturated heterocycles. The van der Waals surface area contributed by atoms with Crippen LogP contribution in [-0.4, -0.2) is 35.4 Å². The van der Waals surface area contributed by atoms with Crippen molar-refractivity contribution in [1.29, 1.82) is 0 Å².